The van der Waals surface area contributed by atoms with Crippen molar-refractivity contribution in [3.63, 3.8) is 0 Å². The van der Waals surface area contributed by atoms with Crippen LogP contribution in [-0.4, -0.2) is 42.6 Å². The van der Waals surface area contributed by atoms with Gasteiger partial charge in [0.1, 0.15) is 0 Å². The maximum absolute atomic E-state index is 5.82. The first-order chi connectivity index (χ1) is 6.42. The van der Waals surface area contributed by atoms with E-state index in [4.69, 9.17) is 16.3 Å². The SMILES string of the molecule is ClCCN(C1CCC1)C1CCOC1. The average molecular weight is 204 g/mol. The molecular formula is C10H18ClNO. The lowest BCUT2D eigenvalue weighted by Gasteiger charge is -2.40. The zero-order valence-corrected chi connectivity index (χ0v) is 8.80. The second-order valence-corrected chi connectivity index (χ2v) is 4.41. The smallest absolute Gasteiger partial charge is 0.0622 e. The van der Waals surface area contributed by atoms with Crippen molar-refractivity contribution >= 4 is 11.6 Å². The Morgan fingerprint density at radius 1 is 1.23 bits per heavy atom. The number of halogens is 1. The number of hydrogen-bond acceptors (Lipinski definition) is 2. The predicted octanol–water partition coefficient (Wildman–Crippen LogP) is 1.87. The van der Waals surface area contributed by atoms with Crippen molar-refractivity contribution in [3.8, 4) is 0 Å². The van der Waals surface area contributed by atoms with Crippen molar-refractivity contribution < 1.29 is 4.74 Å². The van der Waals surface area contributed by atoms with Crippen molar-refractivity contribution in [1.82, 2.24) is 4.90 Å². The van der Waals surface area contributed by atoms with E-state index in [2.05, 4.69) is 4.90 Å². The molecule has 0 bridgehead atoms. The van der Waals surface area contributed by atoms with E-state index >= 15 is 0 Å². The zero-order valence-electron chi connectivity index (χ0n) is 8.04. The molecule has 2 fully saturated rings. The van der Waals surface area contributed by atoms with E-state index in [0.29, 0.717) is 6.04 Å². The Morgan fingerprint density at radius 2 is 2.08 bits per heavy atom. The zero-order chi connectivity index (χ0) is 9.10. The first kappa shape index (κ1) is 9.75. The molecule has 13 heavy (non-hydrogen) atoms. The Bertz CT molecular complexity index is 155. The highest BCUT2D eigenvalue weighted by Crippen LogP contribution is 2.28. The molecule has 0 N–H and O–H groups in total. The van der Waals surface area contributed by atoms with Crippen LogP contribution >= 0.6 is 11.6 Å². The number of nitrogens with zero attached hydrogens (tertiary/aromatic N) is 1. The third-order valence-electron chi connectivity index (χ3n) is 3.26. The van der Waals surface area contributed by atoms with Crippen LogP contribution in [0.3, 0.4) is 0 Å². The second-order valence-electron chi connectivity index (χ2n) is 4.03. The van der Waals surface area contributed by atoms with Gasteiger partial charge in [-0.15, -0.1) is 11.6 Å². The summed E-state index contributed by atoms with van der Waals surface area (Å²) in [5.41, 5.74) is 0. The summed E-state index contributed by atoms with van der Waals surface area (Å²) in [6, 6.07) is 1.47. The molecule has 0 aromatic rings. The van der Waals surface area contributed by atoms with E-state index in [1.807, 2.05) is 0 Å². The summed E-state index contributed by atoms with van der Waals surface area (Å²) >= 11 is 5.82. The van der Waals surface area contributed by atoms with Gasteiger partial charge in [-0.1, -0.05) is 6.42 Å². The monoisotopic (exact) mass is 203 g/mol. The topological polar surface area (TPSA) is 12.5 Å². The Hall–Kier alpha value is 0.210. The Morgan fingerprint density at radius 3 is 2.54 bits per heavy atom. The molecule has 0 aromatic heterocycles. The fourth-order valence-corrected chi connectivity index (χ4v) is 2.46. The quantitative estimate of drug-likeness (QED) is 0.647. The molecule has 1 saturated heterocycles. The highest BCUT2D eigenvalue weighted by Gasteiger charge is 2.31. The summed E-state index contributed by atoms with van der Waals surface area (Å²) in [7, 11) is 0. The fraction of sp³-hybridized carbons (Fsp3) is 1.00. The van der Waals surface area contributed by atoms with Crippen molar-refractivity contribution in [2.45, 2.75) is 37.8 Å². The van der Waals surface area contributed by atoms with Gasteiger partial charge >= 0.3 is 0 Å². The maximum atomic E-state index is 5.82. The van der Waals surface area contributed by atoms with Gasteiger partial charge in [0.2, 0.25) is 0 Å². The first-order valence-corrected chi connectivity index (χ1v) is 5.84. The number of hydrogen-bond donors (Lipinski definition) is 0. The molecule has 0 amide bonds. The molecule has 1 atom stereocenters. The Balaban J connectivity index is 1.86. The average Bonchev–Trinajstić information content (AvgIpc) is 2.51. The van der Waals surface area contributed by atoms with Crippen LogP contribution in [0.25, 0.3) is 0 Å². The molecule has 2 nitrogen and oxygen atoms in total. The minimum absolute atomic E-state index is 0.657. The van der Waals surface area contributed by atoms with E-state index in [1.54, 1.807) is 0 Å². The van der Waals surface area contributed by atoms with Crippen molar-refractivity contribution in [1.29, 1.82) is 0 Å². The van der Waals surface area contributed by atoms with E-state index in [1.165, 1.54) is 25.7 Å². The summed E-state index contributed by atoms with van der Waals surface area (Å²) in [6.45, 7) is 2.91. The molecule has 1 aliphatic heterocycles. The van der Waals surface area contributed by atoms with Gasteiger partial charge < -0.3 is 4.74 Å². The Kier molecular flexibility index (Phi) is 3.47. The lowest BCUT2D eigenvalue weighted by atomic mass is 9.90. The van der Waals surface area contributed by atoms with Crippen LogP contribution in [0.5, 0.6) is 0 Å². The highest BCUT2D eigenvalue weighted by molar-refractivity contribution is 6.18. The van der Waals surface area contributed by atoms with Crippen LogP contribution in [-0.2, 0) is 4.74 Å². The van der Waals surface area contributed by atoms with E-state index in [0.717, 1.165) is 31.7 Å². The highest BCUT2D eigenvalue weighted by atomic mass is 35.5. The van der Waals surface area contributed by atoms with Crippen molar-refractivity contribution in [2.75, 3.05) is 25.6 Å². The largest absolute Gasteiger partial charge is 0.380 e. The van der Waals surface area contributed by atoms with Crippen LogP contribution in [0.1, 0.15) is 25.7 Å². The Labute approximate surface area is 85.2 Å². The van der Waals surface area contributed by atoms with Gasteiger partial charge in [-0.25, -0.2) is 0 Å². The van der Waals surface area contributed by atoms with Gasteiger partial charge in [0.15, 0.2) is 0 Å². The molecule has 0 radical (unpaired) electrons. The normalized spacial score (nSPS) is 29.5. The van der Waals surface area contributed by atoms with Gasteiger partial charge in [0, 0.05) is 31.1 Å². The minimum Gasteiger partial charge on any atom is -0.380 e. The van der Waals surface area contributed by atoms with E-state index in [-0.39, 0.29) is 0 Å². The third kappa shape index (κ3) is 2.17. The fourth-order valence-electron chi connectivity index (χ4n) is 2.26. The van der Waals surface area contributed by atoms with Gasteiger partial charge in [-0.05, 0) is 19.3 Å². The van der Waals surface area contributed by atoms with Gasteiger partial charge in [-0.3, -0.25) is 4.90 Å². The molecule has 2 rings (SSSR count). The number of ether oxygens (including phenoxy) is 1. The van der Waals surface area contributed by atoms with Crippen molar-refractivity contribution in [3.05, 3.63) is 0 Å². The standard InChI is InChI=1S/C10H18ClNO/c11-5-6-12(9-2-1-3-9)10-4-7-13-8-10/h9-10H,1-8H2. The third-order valence-corrected chi connectivity index (χ3v) is 3.43. The van der Waals surface area contributed by atoms with Gasteiger partial charge in [0.25, 0.3) is 0 Å². The summed E-state index contributed by atoms with van der Waals surface area (Å²) < 4.78 is 5.42. The molecule has 1 aliphatic carbocycles. The minimum atomic E-state index is 0.657. The van der Waals surface area contributed by atoms with Crippen LogP contribution < -0.4 is 0 Å². The predicted molar refractivity (Wildman–Crippen MR) is 54.3 cm³/mol. The molecule has 0 spiro atoms. The summed E-state index contributed by atoms with van der Waals surface area (Å²) in [4.78, 5) is 2.57. The van der Waals surface area contributed by atoms with Crippen LogP contribution in [0.4, 0.5) is 0 Å². The lowest BCUT2D eigenvalue weighted by Crippen LogP contribution is -2.47. The summed E-state index contributed by atoms with van der Waals surface area (Å²) in [5.74, 6) is 0.757. The van der Waals surface area contributed by atoms with Gasteiger partial charge in [-0.2, -0.15) is 0 Å². The number of rotatable bonds is 4. The van der Waals surface area contributed by atoms with Crippen LogP contribution in [0, 0.1) is 0 Å². The van der Waals surface area contributed by atoms with Crippen LogP contribution in [0.2, 0.25) is 0 Å². The van der Waals surface area contributed by atoms with Gasteiger partial charge in [0.05, 0.1) is 6.61 Å². The molecule has 3 heteroatoms. The van der Waals surface area contributed by atoms with Crippen molar-refractivity contribution in [2.24, 2.45) is 0 Å². The summed E-state index contributed by atoms with van der Waals surface area (Å²) in [6.07, 6.45) is 5.34. The second kappa shape index (κ2) is 4.63. The molecule has 1 saturated carbocycles. The molecule has 1 unspecified atom stereocenters. The molecular weight excluding hydrogens is 186 g/mol. The summed E-state index contributed by atoms with van der Waals surface area (Å²) in [5, 5.41) is 0. The molecule has 76 valence electrons. The number of alkyl halides is 1. The molecule has 2 aliphatic rings. The van der Waals surface area contributed by atoms with E-state index in [9.17, 15) is 0 Å². The van der Waals surface area contributed by atoms with E-state index < -0.39 is 0 Å². The molecule has 0 aromatic carbocycles. The van der Waals surface area contributed by atoms with Crippen LogP contribution in [0.15, 0.2) is 0 Å². The maximum Gasteiger partial charge on any atom is 0.0622 e. The first-order valence-electron chi connectivity index (χ1n) is 5.31. The lowest BCUT2D eigenvalue weighted by molar-refractivity contribution is 0.0742. The molecule has 1 heterocycles.